The summed E-state index contributed by atoms with van der Waals surface area (Å²) in [5, 5.41) is 2.90. The molecule has 24 heavy (non-hydrogen) atoms. The number of hydrogen-bond donors (Lipinski definition) is 2. The Morgan fingerprint density at radius 3 is 2.92 bits per heavy atom. The van der Waals surface area contributed by atoms with Crippen LogP contribution < -0.4 is 10.1 Å². The van der Waals surface area contributed by atoms with Gasteiger partial charge in [-0.2, -0.15) is 0 Å². The number of amides is 1. The van der Waals surface area contributed by atoms with E-state index in [2.05, 4.69) is 15.3 Å². The first kappa shape index (κ1) is 16.3. The third-order valence-electron chi connectivity index (χ3n) is 3.45. The fourth-order valence-corrected chi connectivity index (χ4v) is 2.49. The van der Waals surface area contributed by atoms with Crippen molar-refractivity contribution in [2.45, 2.75) is 13.0 Å². The molecule has 1 amide bonds. The third-order valence-corrected chi connectivity index (χ3v) is 3.74. The van der Waals surface area contributed by atoms with Crippen molar-refractivity contribution in [1.82, 2.24) is 15.3 Å². The Bertz CT molecular complexity index is 848. The van der Waals surface area contributed by atoms with Crippen LogP contribution in [0.4, 0.5) is 4.39 Å². The molecule has 0 spiro atoms. The number of aromatic amines is 1. The molecule has 3 rings (SSSR count). The van der Waals surface area contributed by atoms with Crippen molar-refractivity contribution in [3.63, 3.8) is 0 Å². The summed E-state index contributed by atoms with van der Waals surface area (Å²) in [5.41, 5.74) is 1.74. The first-order valence-electron chi connectivity index (χ1n) is 7.35. The molecule has 124 valence electrons. The highest BCUT2D eigenvalue weighted by molar-refractivity contribution is 6.32. The van der Waals surface area contributed by atoms with E-state index in [0.29, 0.717) is 5.82 Å². The van der Waals surface area contributed by atoms with Crippen LogP contribution in [0.2, 0.25) is 5.02 Å². The van der Waals surface area contributed by atoms with E-state index >= 15 is 0 Å². The smallest absolute Gasteiger partial charge is 0.258 e. The lowest BCUT2D eigenvalue weighted by Crippen LogP contribution is -2.31. The summed E-state index contributed by atoms with van der Waals surface area (Å²) >= 11 is 5.85. The van der Waals surface area contributed by atoms with Crippen molar-refractivity contribution in [2.24, 2.45) is 0 Å². The molecule has 0 aliphatic rings. The molecule has 0 saturated carbocycles. The maximum Gasteiger partial charge on any atom is 0.258 e. The van der Waals surface area contributed by atoms with Crippen molar-refractivity contribution in [3.8, 4) is 5.75 Å². The minimum Gasteiger partial charge on any atom is -0.482 e. The van der Waals surface area contributed by atoms with Gasteiger partial charge in [0.2, 0.25) is 0 Å². The number of nitrogens with one attached hydrogen (secondary N) is 2. The number of halogens is 2. The number of para-hydroxylation sites is 2. The molecule has 1 heterocycles. The first-order chi connectivity index (χ1) is 11.5. The first-order valence-corrected chi connectivity index (χ1v) is 7.72. The molecular formula is C17H15ClFN3O2. The molecule has 0 saturated heterocycles. The Balaban J connectivity index is 1.59. The van der Waals surface area contributed by atoms with E-state index < -0.39 is 5.82 Å². The van der Waals surface area contributed by atoms with Gasteiger partial charge >= 0.3 is 0 Å². The highest BCUT2D eigenvalue weighted by Gasteiger charge is 2.14. The Morgan fingerprint density at radius 2 is 2.17 bits per heavy atom. The molecule has 3 aromatic rings. The Kier molecular flexibility index (Phi) is 4.66. The molecule has 1 atom stereocenters. The van der Waals surface area contributed by atoms with Crippen LogP contribution in [0.5, 0.6) is 5.75 Å². The van der Waals surface area contributed by atoms with Gasteiger partial charge in [-0.1, -0.05) is 23.7 Å². The molecule has 0 radical (unpaired) electrons. The van der Waals surface area contributed by atoms with E-state index in [9.17, 15) is 9.18 Å². The van der Waals surface area contributed by atoms with Crippen LogP contribution >= 0.6 is 11.6 Å². The molecule has 0 aliphatic heterocycles. The second-order valence-electron chi connectivity index (χ2n) is 5.29. The Hall–Kier alpha value is -2.60. The molecule has 0 aliphatic carbocycles. The zero-order valence-electron chi connectivity index (χ0n) is 12.8. The van der Waals surface area contributed by atoms with E-state index in [4.69, 9.17) is 16.3 Å². The number of carbonyl (C=O) groups excluding carboxylic acids is 1. The quantitative estimate of drug-likeness (QED) is 0.741. The van der Waals surface area contributed by atoms with Crippen LogP contribution in [0.25, 0.3) is 11.0 Å². The second kappa shape index (κ2) is 6.88. The van der Waals surface area contributed by atoms with E-state index in [1.165, 1.54) is 12.1 Å². The zero-order chi connectivity index (χ0) is 17.1. The predicted octanol–water partition coefficient (Wildman–Crippen LogP) is 3.61. The summed E-state index contributed by atoms with van der Waals surface area (Å²) in [6.45, 7) is 1.59. The number of carbonyl (C=O) groups is 1. The predicted molar refractivity (Wildman–Crippen MR) is 89.6 cm³/mol. The number of aromatic nitrogens is 2. The molecule has 1 aromatic heterocycles. The average molecular weight is 348 g/mol. The molecule has 0 bridgehead atoms. The van der Waals surface area contributed by atoms with Crippen LogP contribution in [-0.2, 0) is 4.79 Å². The van der Waals surface area contributed by atoms with Gasteiger partial charge in [-0.15, -0.1) is 0 Å². The van der Waals surface area contributed by atoms with Crippen LogP contribution in [-0.4, -0.2) is 22.5 Å². The van der Waals surface area contributed by atoms with E-state index in [1.807, 2.05) is 31.2 Å². The van der Waals surface area contributed by atoms with Crippen LogP contribution in [0, 0.1) is 5.82 Å². The monoisotopic (exact) mass is 347 g/mol. The lowest BCUT2D eigenvalue weighted by Gasteiger charge is -2.12. The van der Waals surface area contributed by atoms with Crippen molar-refractivity contribution in [2.75, 3.05) is 6.61 Å². The molecule has 0 fully saturated rings. The number of nitrogens with zero attached hydrogens (tertiary/aromatic N) is 1. The van der Waals surface area contributed by atoms with Gasteiger partial charge in [0.15, 0.2) is 6.61 Å². The lowest BCUT2D eigenvalue weighted by atomic mass is 10.3. The fraction of sp³-hybridized carbons (Fsp3) is 0.176. The molecule has 7 heteroatoms. The Morgan fingerprint density at radius 1 is 1.38 bits per heavy atom. The number of H-pyrrole nitrogens is 1. The SMILES string of the molecule is C[C@H](NC(=O)COc1ccc(F)cc1Cl)c1nc2ccccc2[nH]1. The van der Waals surface area contributed by atoms with Gasteiger partial charge in [0.25, 0.3) is 5.91 Å². The van der Waals surface area contributed by atoms with Gasteiger partial charge in [0, 0.05) is 0 Å². The summed E-state index contributed by atoms with van der Waals surface area (Å²) in [7, 11) is 0. The number of hydrogen-bond acceptors (Lipinski definition) is 3. The van der Waals surface area contributed by atoms with Crippen molar-refractivity contribution in [1.29, 1.82) is 0 Å². The summed E-state index contributed by atoms with van der Waals surface area (Å²) in [6, 6.07) is 11.0. The van der Waals surface area contributed by atoms with Crippen molar-refractivity contribution >= 4 is 28.5 Å². The summed E-state index contributed by atoms with van der Waals surface area (Å²) in [5.74, 6) is 0.118. The van der Waals surface area contributed by atoms with Gasteiger partial charge in [-0.25, -0.2) is 9.37 Å². The van der Waals surface area contributed by atoms with Gasteiger partial charge in [-0.3, -0.25) is 4.79 Å². The van der Waals surface area contributed by atoms with Gasteiger partial charge in [0.1, 0.15) is 17.4 Å². The highest BCUT2D eigenvalue weighted by Crippen LogP contribution is 2.24. The number of rotatable bonds is 5. The topological polar surface area (TPSA) is 67.0 Å². The molecular weight excluding hydrogens is 333 g/mol. The molecule has 2 aromatic carbocycles. The average Bonchev–Trinajstić information content (AvgIpc) is 2.98. The largest absolute Gasteiger partial charge is 0.482 e. The lowest BCUT2D eigenvalue weighted by molar-refractivity contribution is -0.123. The van der Waals surface area contributed by atoms with E-state index in [-0.39, 0.29) is 29.3 Å². The van der Waals surface area contributed by atoms with E-state index in [0.717, 1.165) is 17.1 Å². The van der Waals surface area contributed by atoms with E-state index in [1.54, 1.807) is 0 Å². The van der Waals surface area contributed by atoms with Crippen LogP contribution in [0.1, 0.15) is 18.8 Å². The number of fused-ring (bicyclic) bond motifs is 1. The second-order valence-corrected chi connectivity index (χ2v) is 5.70. The number of ether oxygens (including phenoxy) is 1. The molecule has 2 N–H and O–H groups in total. The molecule has 5 nitrogen and oxygen atoms in total. The summed E-state index contributed by atoms with van der Waals surface area (Å²) < 4.78 is 18.3. The van der Waals surface area contributed by atoms with Crippen molar-refractivity contribution < 1.29 is 13.9 Å². The van der Waals surface area contributed by atoms with Crippen LogP contribution in [0.3, 0.4) is 0 Å². The van der Waals surface area contributed by atoms with Crippen LogP contribution in [0.15, 0.2) is 42.5 Å². The minimum absolute atomic E-state index is 0.119. The standard InChI is InChI=1S/C17H15ClFN3O2/c1-10(17-21-13-4-2-3-5-14(13)22-17)20-16(23)9-24-15-7-6-11(19)8-12(15)18/h2-8,10H,9H2,1H3,(H,20,23)(H,21,22)/t10-/m0/s1. The van der Waals surface area contributed by atoms with Crippen molar-refractivity contribution in [3.05, 3.63) is 59.1 Å². The summed E-state index contributed by atoms with van der Waals surface area (Å²) in [4.78, 5) is 19.6. The minimum atomic E-state index is -0.463. The maximum atomic E-state index is 13.0. The highest BCUT2D eigenvalue weighted by atomic mass is 35.5. The van der Waals surface area contributed by atoms with Gasteiger partial charge < -0.3 is 15.0 Å². The Labute approximate surface area is 142 Å². The number of imidazole rings is 1. The summed E-state index contributed by atoms with van der Waals surface area (Å²) in [6.07, 6.45) is 0. The maximum absolute atomic E-state index is 13.0. The van der Waals surface area contributed by atoms with Gasteiger partial charge in [0.05, 0.1) is 22.1 Å². The zero-order valence-corrected chi connectivity index (χ0v) is 13.6. The molecule has 0 unspecified atom stereocenters. The number of benzene rings is 2. The normalized spacial score (nSPS) is 12.1. The third kappa shape index (κ3) is 3.65. The van der Waals surface area contributed by atoms with Gasteiger partial charge in [-0.05, 0) is 37.3 Å². The fourth-order valence-electron chi connectivity index (χ4n) is 2.26.